The summed E-state index contributed by atoms with van der Waals surface area (Å²) in [5, 5.41) is 13.1. The summed E-state index contributed by atoms with van der Waals surface area (Å²) in [5.41, 5.74) is 0.519. The number of aromatic nitrogens is 2. The molecule has 2 aromatic rings. The van der Waals surface area contributed by atoms with Crippen LogP contribution in [0.1, 0.15) is 17.5 Å². The summed E-state index contributed by atoms with van der Waals surface area (Å²) in [7, 11) is 0. The number of nitrogens with one attached hydrogen (secondary N) is 1. The van der Waals surface area contributed by atoms with Crippen LogP contribution < -0.4 is 5.32 Å². The molecule has 0 saturated heterocycles. The Morgan fingerprint density at radius 3 is 2.94 bits per heavy atom. The van der Waals surface area contributed by atoms with Gasteiger partial charge in [-0.05, 0) is 24.6 Å². The second-order valence-corrected chi connectivity index (χ2v) is 4.94. The third-order valence-corrected chi connectivity index (χ3v) is 3.47. The second kappa shape index (κ2) is 5.42. The first kappa shape index (κ1) is 12.3. The van der Waals surface area contributed by atoms with Crippen LogP contribution in [0.2, 0.25) is 5.02 Å². The summed E-state index contributed by atoms with van der Waals surface area (Å²) in [6.45, 7) is 2.37. The Kier molecular flexibility index (Phi) is 3.91. The van der Waals surface area contributed by atoms with Crippen molar-refractivity contribution in [3.05, 3.63) is 39.6 Å². The predicted octanol–water partition coefficient (Wildman–Crippen LogP) is 3.51. The van der Waals surface area contributed by atoms with Gasteiger partial charge in [0, 0.05) is 17.1 Å². The molecule has 90 valence electrons. The molecule has 0 aliphatic heterocycles. The molecular weight excluding hydrogens is 261 g/mol. The van der Waals surface area contributed by atoms with E-state index >= 15 is 0 Å². The van der Waals surface area contributed by atoms with Crippen molar-refractivity contribution >= 4 is 28.1 Å². The minimum Gasteiger partial charge on any atom is -0.356 e. The Labute approximate surface area is 108 Å². The summed E-state index contributed by atoms with van der Waals surface area (Å²) in [5.74, 6) is -0.276. The molecule has 0 aliphatic carbocycles. The lowest BCUT2D eigenvalue weighted by Gasteiger charge is -2.04. The lowest BCUT2D eigenvalue weighted by Crippen LogP contribution is -2.01. The Hall–Kier alpha value is -1.20. The highest BCUT2D eigenvalue weighted by atomic mass is 35.5. The average molecular weight is 272 g/mol. The molecule has 1 heterocycles. The molecule has 0 unspecified atom stereocenters. The van der Waals surface area contributed by atoms with Crippen LogP contribution in [0.15, 0.2) is 18.2 Å². The standard InChI is InChI=1S/C11H11ClFN3S/c1-2-10-15-16-11(17-10)14-6-7-5-8(12)3-4-9(7)13/h3-5H,2,6H2,1H3,(H,14,16). The van der Waals surface area contributed by atoms with Crippen molar-refractivity contribution in [1.29, 1.82) is 0 Å². The van der Waals surface area contributed by atoms with E-state index in [1.807, 2.05) is 6.92 Å². The molecule has 17 heavy (non-hydrogen) atoms. The molecular formula is C11H11ClFN3S. The van der Waals surface area contributed by atoms with Gasteiger partial charge in [-0.1, -0.05) is 29.9 Å². The van der Waals surface area contributed by atoms with Gasteiger partial charge in [0.25, 0.3) is 0 Å². The number of nitrogens with zero attached hydrogens (tertiary/aromatic N) is 2. The van der Waals surface area contributed by atoms with Crippen molar-refractivity contribution in [3.63, 3.8) is 0 Å². The van der Waals surface area contributed by atoms with Crippen LogP contribution >= 0.6 is 22.9 Å². The van der Waals surface area contributed by atoms with Crippen LogP contribution in [0.4, 0.5) is 9.52 Å². The molecule has 0 radical (unpaired) electrons. The van der Waals surface area contributed by atoms with Crippen LogP contribution in [0.25, 0.3) is 0 Å². The minimum atomic E-state index is -0.276. The summed E-state index contributed by atoms with van der Waals surface area (Å²) in [4.78, 5) is 0. The maximum Gasteiger partial charge on any atom is 0.205 e. The SMILES string of the molecule is CCc1nnc(NCc2cc(Cl)ccc2F)s1. The zero-order chi connectivity index (χ0) is 12.3. The van der Waals surface area contributed by atoms with Crippen molar-refractivity contribution in [1.82, 2.24) is 10.2 Å². The van der Waals surface area contributed by atoms with Crippen molar-refractivity contribution < 1.29 is 4.39 Å². The fourth-order valence-corrected chi connectivity index (χ4v) is 2.19. The number of hydrogen-bond donors (Lipinski definition) is 1. The van der Waals surface area contributed by atoms with Gasteiger partial charge in [0.2, 0.25) is 5.13 Å². The van der Waals surface area contributed by atoms with Crippen LogP contribution in [-0.4, -0.2) is 10.2 Å². The van der Waals surface area contributed by atoms with Crippen LogP contribution in [0, 0.1) is 5.82 Å². The van der Waals surface area contributed by atoms with Gasteiger partial charge in [0.1, 0.15) is 10.8 Å². The molecule has 0 bridgehead atoms. The first-order valence-corrected chi connectivity index (χ1v) is 6.38. The highest BCUT2D eigenvalue weighted by Crippen LogP contribution is 2.19. The summed E-state index contributed by atoms with van der Waals surface area (Å²) < 4.78 is 13.4. The molecule has 3 nitrogen and oxygen atoms in total. The number of benzene rings is 1. The van der Waals surface area contributed by atoms with E-state index in [0.29, 0.717) is 22.3 Å². The lowest BCUT2D eigenvalue weighted by molar-refractivity contribution is 0.613. The quantitative estimate of drug-likeness (QED) is 0.925. The Morgan fingerprint density at radius 2 is 2.24 bits per heavy atom. The minimum absolute atomic E-state index is 0.276. The highest BCUT2D eigenvalue weighted by Gasteiger charge is 2.05. The van der Waals surface area contributed by atoms with Crippen LogP contribution in [-0.2, 0) is 13.0 Å². The number of anilines is 1. The fourth-order valence-electron chi connectivity index (χ4n) is 1.32. The third kappa shape index (κ3) is 3.14. The van der Waals surface area contributed by atoms with Gasteiger partial charge >= 0.3 is 0 Å². The monoisotopic (exact) mass is 271 g/mol. The number of halogens is 2. The van der Waals surface area contributed by atoms with E-state index in [0.717, 1.165) is 11.4 Å². The maximum atomic E-state index is 13.4. The van der Waals surface area contributed by atoms with Gasteiger partial charge in [0.05, 0.1) is 0 Å². The fraction of sp³-hybridized carbons (Fsp3) is 0.273. The number of aryl methyl sites for hydroxylation is 1. The molecule has 0 atom stereocenters. The molecule has 0 amide bonds. The lowest BCUT2D eigenvalue weighted by atomic mass is 10.2. The molecule has 1 aromatic heterocycles. The number of hydrogen-bond acceptors (Lipinski definition) is 4. The normalized spacial score (nSPS) is 10.5. The van der Waals surface area contributed by atoms with E-state index in [4.69, 9.17) is 11.6 Å². The Bertz CT molecular complexity index is 515. The number of rotatable bonds is 4. The largest absolute Gasteiger partial charge is 0.356 e. The topological polar surface area (TPSA) is 37.8 Å². The highest BCUT2D eigenvalue weighted by molar-refractivity contribution is 7.15. The van der Waals surface area contributed by atoms with Crippen molar-refractivity contribution in [2.24, 2.45) is 0 Å². The van der Waals surface area contributed by atoms with Gasteiger partial charge in [-0.3, -0.25) is 0 Å². The van der Waals surface area contributed by atoms with E-state index in [9.17, 15) is 4.39 Å². The maximum absolute atomic E-state index is 13.4. The van der Waals surface area contributed by atoms with Gasteiger partial charge in [0.15, 0.2) is 0 Å². The van der Waals surface area contributed by atoms with Crippen LogP contribution in [0.5, 0.6) is 0 Å². The molecule has 0 saturated carbocycles. The smallest absolute Gasteiger partial charge is 0.205 e. The van der Waals surface area contributed by atoms with E-state index in [1.54, 1.807) is 6.07 Å². The second-order valence-electron chi connectivity index (χ2n) is 3.44. The first-order chi connectivity index (χ1) is 8.19. The van der Waals surface area contributed by atoms with Crippen molar-refractivity contribution in [2.45, 2.75) is 19.9 Å². The van der Waals surface area contributed by atoms with Gasteiger partial charge < -0.3 is 5.32 Å². The third-order valence-electron chi connectivity index (χ3n) is 2.21. The molecule has 0 spiro atoms. The summed E-state index contributed by atoms with van der Waals surface area (Å²) >= 11 is 7.28. The predicted molar refractivity (Wildman–Crippen MR) is 68.0 cm³/mol. The zero-order valence-corrected chi connectivity index (χ0v) is 10.8. The Balaban J connectivity index is 2.04. The van der Waals surface area contributed by atoms with E-state index < -0.39 is 0 Å². The molecule has 6 heteroatoms. The van der Waals surface area contributed by atoms with Crippen molar-refractivity contribution in [3.8, 4) is 0 Å². The molecule has 0 aliphatic rings. The van der Waals surface area contributed by atoms with E-state index in [1.165, 1.54) is 23.5 Å². The average Bonchev–Trinajstić information content (AvgIpc) is 2.78. The van der Waals surface area contributed by atoms with Gasteiger partial charge in [-0.2, -0.15) is 0 Å². The molecule has 0 fully saturated rings. The van der Waals surface area contributed by atoms with E-state index in [2.05, 4.69) is 15.5 Å². The van der Waals surface area contributed by atoms with E-state index in [-0.39, 0.29) is 5.82 Å². The van der Waals surface area contributed by atoms with Crippen LogP contribution in [0.3, 0.4) is 0 Å². The summed E-state index contributed by atoms with van der Waals surface area (Å²) in [6, 6.07) is 4.49. The molecule has 2 rings (SSSR count). The first-order valence-electron chi connectivity index (χ1n) is 5.19. The zero-order valence-electron chi connectivity index (χ0n) is 9.20. The van der Waals surface area contributed by atoms with Crippen molar-refractivity contribution in [2.75, 3.05) is 5.32 Å². The molecule has 1 aromatic carbocycles. The summed E-state index contributed by atoms with van der Waals surface area (Å²) in [6.07, 6.45) is 0.852. The van der Waals surface area contributed by atoms with Gasteiger partial charge in [-0.25, -0.2) is 4.39 Å². The molecule has 1 N–H and O–H groups in total. The Morgan fingerprint density at radius 1 is 1.41 bits per heavy atom. The van der Waals surface area contributed by atoms with Gasteiger partial charge in [-0.15, -0.1) is 10.2 Å².